The van der Waals surface area contributed by atoms with E-state index in [1.807, 2.05) is 61.5 Å². The zero-order valence-electron chi connectivity index (χ0n) is 32.1. The van der Waals surface area contributed by atoms with Crippen LogP contribution in [0.3, 0.4) is 0 Å². The van der Waals surface area contributed by atoms with Gasteiger partial charge in [0, 0.05) is 168 Å². The molecule has 2 nitrogen and oxygen atoms in total. The normalized spacial score (nSPS) is 14.8. The molecule has 2 heterocycles. The Morgan fingerprint density at radius 3 is 1.34 bits per heavy atom. The summed E-state index contributed by atoms with van der Waals surface area (Å²) in [5.41, 5.74) is 2.76. The number of piperidine rings is 2. The van der Waals surface area contributed by atoms with E-state index in [1.165, 1.54) is 69.7 Å². The molecule has 6 heteroatoms. The van der Waals surface area contributed by atoms with Crippen LogP contribution in [-0.2, 0) is 42.1 Å². The predicted octanol–water partition coefficient (Wildman–Crippen LogP) is 12.7. The van der Waals surface area contributed by atoms with Gasteiger partial charge < -0.3 is 9.80 Å². The number of para-hydroxylation sites is 2. The number of hydrogen-bond acceptors (Lipinski definition) is 2. The monoisotopic (exact) mass is 1040 g/mol. The quantitative estimate of drug-likeness (QED) is 0.218. The van der Waals surface area contributed by atoms with E-state index in [0.717, 1.165) is 31.1 Å². The first-order valence-electron chi connectivity index (χ1n) is 17.9. The van der Waals surface area contributed by atoms with Crippen LogP contribution in [0, 0.1) is 99.2 Å². The molecule has 0 bridgehead atoms. The van der Waals surface area contributed by atoms with Gasteiger partial charge in [0.05, 0.1) is 0 Å². The molecule has 0 spiro atoms. The maximum Gasteiger partial charge on any atom is 0.0366 e. The molecule has 274 valence electrons. The fourth-order valence-corrected chi connectivity index (χ4v) is 4.72. The standard InChI is InChI=1S/C16H21N.C13H19N.C4H8.4C2H6.2Ar.2W/c1-2-3-5-9-15-10-8-13-17(14-15)16-11-6-4-7-12-16;1-2-12-7-6-10-14(11-12)13-8-4-3-5-9-13;1-3-4-2;4*1-2;;;;/h4,6-7,11-12,15H,2,8-10,13-14H2,1H3;3-5,8-9,12H,2,6-7,10-11H2,1H3;3H,1,4H2,2H3;4*1-2H3;;;;. The maximum absolute atomic E-state index is 3.48. The van der Waals surface area contributed by atoms with Gasteiger partial charge in [-0.2, -0.15) is 0 Å². The van der Waals surface area contributed by atoms with Gasteiger partial charge in [-0.05, 0) is 68.2 Å². The summed E-state index contributed by atoms with van der Waals surface area (Å²) in [6.07, 6.45) is 11.7. The van der Waals surface area contributed by atoms with Crippen LogP contribution in [0.25, 0.3) is 0 Å². The number of nitrogens with zero attached hydrogens (tertiary/aromatic N) is 2. The molecular weight excluding hydrogens is 968 g/mol. The fourth-order valence-electron chi connectivity index (χ4n) is 4.72. The number of benzene rings is 2. The van der Waals surface area contributed by atoms with Crippen LogP contribution in [-0.4, -0.2) is 26.2 Å². The van der Waals surface area contributed by atoms with Crippen molar-refractivity contribution in [3.05, 3.63) is 73.3 Å². The van der Waals surface area contributed by atoms with E-state index < -0.39 is 0 Å². The topological polar surface area (TPSA) is 6.48 Å². The molecule has 2 unspecified atom stereocenters. The number of rotatable bonds is 5. The number of anilines is 2. The van der Waals surface area contributed by atoms with E-state index in [0.29, 0.717) is 0 Å². The molecule has 0 N–H and O–H groups in total. The second kappa shape index (κ2) is 51.6. The van der Waals surface area contributed by atoms with Crippen LogP contribution in [0.15, 0.2) is 73.3 Å². The van der Waals surface area contributed by atoms with E-state index in [1.54, 1.807) is 0 Å². The van der Waals surface area contributed by atoms with E-state index in [4.69, 9.17) is 0 Å². The molecule has 2 aliphatic rings. The van der Waals surface area contributed by atoms with Crippen molar-refractivity contribution in [2.24, 2.45) is 11.8 Å². The second-order valence-electron chi connectivity index (χ2n) is 9.60. The largest absolute Gasteiger partial charge is 0.371 e. The Balaban J connectivity index is -0.0000000971. The van der Waals surface area contributed by atoms with Crippen LogP contribution < -0.4 is 9.80 Å². The summed E-state index contributed by atoms with van der Waals surface area (Å²) >= 11 is 0. The molecule has 2 aromatic carbocycles. The Morgan fingerprint density at radius 2 is 1.00 bits per heavy atom. The van der Waals surface area contributed by atoms with E-state index in [2.05, 4.69) is 110 Å². The third-order valence-corrected chi connectivity index (χ3v) is 6.84. The molecule has 47 heavy (non-hydrogen) atoms. The average Bonchev–Trinajstić information content (AvgIpc) is 3.13. The van der Waals surface area contributed by atoms with Crippen molar-refractivity contribution in [1.82, 2.24) is 0 Å². The van der Waals surface area contributed by atoms with E-state index in [-0.39, 0.29) is 118 Å². The molecule has 0 aliphatic carbocycles. The fraction of sp³-hybridized carbons (Fsp3) is 0.610. The number of hydrogen-bond donors (Lipinski definition) is 0. The first-order chi connectivity index (χ1) is 21.2. The van der Waals surface area contributed by atoms with Crippen LogP contribution in [0.1, 0.15) is 128 Å². The molecule has 0 aromatic heterocycles. The first kappa shape index (κ1) is 63.3. The van der Waals surface area contributed by atoms with Gasteiger partial charge in [0.25, 0.3) is 0 Å². The van der Waals surface area contributed by atoms with Crippen molar-refractivity contribution < 1.29 is 118 Å². The van der Waals surface area contributed by atoms with Crippen molar-refractivity contribution in [2.45, 2.75) is 128 Å². The summed E-state index contributed by atoms with van der Waals surface area (Å²) in [7, 11) is 0. The van der Waals surface area contributed by atoms with Crippen molar-refractivity contribution in [2.75, 3.05) is 36.0 Å². The molecule has 2 saturated heterocycles. The van der Waals surface area contributed by atoms with Gasteiger partial charge in [-0.25, -0.2) is 0 Å². The zero-order chi connectivity index (χ0) is 33.1. The van der Waals surface area contributed by atoms with Gasteiger partial charge in [-0.15, -0.1) is 18.4 Å². The third kappa shape index (κ3) is 34.1. The Hall–Kier alpha value is 1.24. The number of allylic oxidation sites excluding steroid dienone is 1. The smallest absolute Gasteiger partial charge is 0.0366 e. The summed E-state index contributed by atoms with van der Waals surface area (Å²) in [5, 5.41) is 0. The zero-order valence-corrected chi connectivity index (χ0v) is 39.4. The van der Waals surface area contributed by atoms with Crippen molar-refractivity contribution in [3.63, 3.8) is 0 Å². The van der Waals surface area contributed by atoms with Crippen molar-refractivity contribution in [3.8, 4) is 11.8 Å². The Kier molecular flexibility index (Phi) is 69.5. The predicted molar refractivity (Wildman–Crippen MR) is 202 cm³/mol. The summed E-state index contributed by atoms with van der Waals surface area (Å²) in [6.45, 7) is 30.8. The van der Waals surface area contributed by atoms with Gasteiger partial charge >= 0.3 is 0 Å². The maximum atomic E-state index is 3.48. The van der Waals surface area contributed by atoms with E-state index >= 15 is 0 Å². The Labute approximate surface area is 384 Å². The van der Waals surface area contributed by atoms with Crippen LogP contribution in [0.4, 0.5) is 11.4 Å². The van der Waals surface area contributed by atoms with Gasteiger partial charge in [0.1, 0.15) is 0 Å². The summed E-state index contributed by atoms with van der Waals surface area (Å²) in [6, 6.07) is 21.5. The van der Waals surface area contributed by atoms with Crippen LogP contribution in [0.2, 0.25) is 0 Å². The molecular formula is C41H72Ar2N2W2. The van der Waals surface area contributed by atoms with Gasteiger partial charge in [0.2, 0.25) is 0 Å². The summed E-state index contributed by atoms with van der Waals surface area (Å²) in [5.74, 6) is 8.14. The Morgan fingerprint density at radius 1 is 0.638 bits per heavy atom. The molecule has 4 rings (SSSR count). The summed E-state index contributed by atoms with van der Waals surface area (Å²) in [4.78, 5) is 5.03. The van der Waals surface area contributed by atoms with Gasteiger partial charge in [0.15, 0.2) is 0 Å². The molecule has 2 aliphatic heterocycles. The van der Waals surface area contributed by atoms with Gasteiger partial charge in [-0.1, -0.05) is 125 Å². The molecule has 2 fully saturated rings. The Bertz CT molecular complexity index is 873. The molecule has 2 aromatic rings. The minimum absolute atomic E-state index is 0. The molecule has 0 radical (unpaired) electrons. The SMILES string of the molecule is C=CCC.CC.CC.CC.CC.CCC#CCC1CCCN(c2ccccc2)C1.CCC1CCCN(c2ccccc2)C1.[Ar].[Ar].[W].[W]. The van der Waals surface area contributed by atoms with Crippen molar-refractivity contribution in [1.29, 1.82) is 0 Å². The van der Waals surface area contributed by atoms with Crippen molar-refractivity contribution >= 4 is 11.4 Å². The molecule has 2 atom stereocenters. The minimum Gasteiger partial charge on any atom is -0.371 e. The average molecular weight is 1040 g/mol. The van der Waals surface area contributed by atoms with Crippen LogP contribution >= 0.6 is 0 Å². The molecule has 0 saturated carbocycles. The molecule has 0 amide bonds. The van der Waals surface area contributed by atoms with E-state index in [9.17, 15) is 0 Å². The third-order valence-electron chi connectivity index (χ3n) is 6.84. The van der Waals surface area contributed by atoms with Crippen LogP contribution in [0.5, 0.6) is 0 Å². The second-order valence-corrected chi connectivity index (χ2v) is 9.60. The van der Waals surface area contributed by atoms with Gasteiger partial charge in [-0.3, -0.25) is 0 Å². The summed E-state index contributed by atoms with van der Waals surface area (Å²) < 4.78 is 0. The first-order valence-corrected chi connectivity index (χ1v) is 17.9. The minimum atomic E-state index is 0.